The molecule has 18 heavy (non-hydrogen) atoms. The van der Waals surface area contributed by atoms with E-state index in [4.69, 9.17) is 16.7 Å². The van der Waals surface area contributed by atoms with Gasteiger partial charge in [-0.25, -0.2) is 4.98 Å². The van der Waals surface area contributed by atoms with E-state index in [0.29, 0.717) is 30.1 Å². The van der Waals surface area contributed by atoms with Crippen LogP contribution in [0.5, 0.6) is 0 Å². The van der Waals surface area contributed by atoms with Gasteiger partial charge in [-0.15, -0.1) is 0 Å². The minimum atomic E-state index is -0.850. The van der Waals surface area contributed by atoms with Crippen LogP contribution in [0.4, 0.5) is 0 Å². The molecule has 1 aromatic rings. The summed E-state index contributed by atoms with van der Waals surface area (Å²) in [7, 11) is 0. The lowest BCUT2D eigenvalue weighted by atomic mass is 9.98. The SMILES string of the molecule is O=C(O)[C@@H]1CCCN(C(=O)c2ccc(Cl)cn2)C1. The summed E-state index contributed by atoms with van der Waals surface area (Å²) in [5, 5.41) is 9.44. The number of rotatable bonds is 2. The number of aromatic nitrogens is 1. The number of likely N-dealkylation sites (tertiary alicyclic amines) is 1. The molecular weight excluding hydrogens is 256 g/mol. The van der Waals surface area contributed by atoms with Crippen LogP contribution in [-0.2, 0) is 4.79 Å². The van der Waals surface area contributed by atoms with E-state index in [1.165, 1.54) is 6.20 Å². The number of hydrogen-bond acceptors (Lipinski definition) is 3. The Morgan fingerprint density at radius 1 is 1.44 bits per heavy atom. The van der Waals surface area contributed by atoms with Crippen molar-refractivity contribution in [1.82, 2.24) is 9.88 Å². The fourth-order valence-electron chi connectivity index (χ4n) is 2.03. The number of piperidine rings is 1. The first kappa shape index (κ1) is 12.8. The van der Waals surface area contributed by atoms with Crippen molar-refractivity contribution in [2.24, 2.45) is 5.92 Å². The van der Waals surface area contributed by atoms with Gasteiger partial charge in [0, 0.05) is 19.3 Å². The largest absolute Gasteiger partial charge is 0.481 e. The number of aliphatic carboxylic acids is 1. The highest BCUT2D eigenvalue weighted by Crippen LogP contribution is 2.18. The maximum absolute atomic E-state index is 12.1. The molecular formula is C12H13ClN2O3. The minimum Gasteiger partial charge on any atom is -0.481 e. The predicted octanol–water partition coefficient (Wildman–Crippen LogP) is 1.67. The molecule has 1 aliphatic rings. The van der Waals surface area contributed by atoms with E-state index in [0.717, 1.165) is 0 Å². The third-order valence-electron chi connectivity index (χ3n) is 3.00. The third kappa shape index (κ3) is 2.79. The first-order valence-electron chi connectivity index (χ1n) is 5.71. The quantitative estimate of drug-likeness (QED) is 0.886. The van der Waals surface area contributed by atoms with Gasteiger partial charge in [0.25, 0.3) is 5.91 Å². The van der Waals surface area contributed by atoms with Crippen LogP contribution < -0.4 is 0 Å². The number of nitrogens with zero attached hydrogens (tertiary/aromatic N) is 2. The smallest absolute Gasteiger partial charge is 0.308 e. The van der Waals surface area contributed by atoms with E-state index in [1.807, 2.05) is 0 Å². The van der Waals surface area contributed by atoms with Crippen LogP contribution in [0.2, 0.25) is 5.02 Å². The molecule has 1 amide bonds. The molecule has 5 nitrogen and oxygen atoms in total. The van der Waals surface area contributed by atoms with Gasteiger partial charge >= 0.3 is 5.97 Å². The molecule has 1 atom stereocenters. The molecule has 0 spiro atoms. The third-order valence-corrected chi connectivity index (χ3v) is 3.23. The van der Waals surface area contributed by atoms with Gasteiger partial charge in [0.05, 0.1) is 10.9 Å². The van der Waals surface area contributed by atoms with E-state index in [9.17, 15) is 9.59 Å². The summed E-state index contributed by atoms with van der Waals surface area (Å²) < 4.78 is 0. The number of amides is 1. The zero-order valence-electron chi connectivity index (χ0n) is 9.67. The highest BCUT2D eigenvalue weighted by molar-refractivity contribution is 6.30. The van der Waals surface area contributed by atoms with Crippen molar-refractivity contribution in [1.29, 1.82) is 0 Å². The van der Waals surface area contributed by atoms with Gasteiger partial charge in [-0.3, -0.25) is 9.59 Å². The van der Waals surface area contributed by atoms with E-state index < -0.39 is 11.9 Å². The van der Waals surface area contributed by atoms with Crippen molar-refractivity contribution in [2.75, 3.05) is 13.1 Å². The topological polar surface area (TPSA) is 70.5 Å². The molecule has 2 heterocycles. The van der Waals surface area contributed by atoms with Crippen LogP contribution in [0.25, 0.3) is 0 Å². The molecule has 1 N–H and O–H groups in total. The maximum Gasteiger partial charge on any atom is 0.308 e. The second-order valence-corrected chi connectivity index (χ2v) is 4.73. The van der Waals surface area contributed by atoms with Crippen molar-refractivity contribution >= 4 is 23.5 Å². The molecule has 6 heteroatoms. The van der Waals surface area contributed by atoms with Crippen LogP contribution in [0.3, 0.4) is 0 Å². The monoisotopic (exact) mass is 268 g/mol. The fraction of sp³-hybridized carbons (Fsp3) is 0.417. The van der Waals surface area contributed by atoms with E-state index >= 15 is 0 Å². The van der Waals surface area contributed by atoms with Crippen molar-refractivity contribution < 1.29 is 14.7 Å². The summed E-state index contributed by atoms with van der Waals surface area (Å²) >= 11 is 5.70. The predicted molar refractivity (Wildman–Crippen MR) is 65.5 cm³/mol. The minimum absolute atomic E-state index is 0.238. The molecule has 0 aromatic carbocycles. The number of carbonyl (C=O) groups is 2. The lowest BCUT2D eigenvalue weighted by Crippen LogP contribution is -2.42. The molecule has 2 rings (SSSR count). The Hall–Kier alpha value is -1.62. The average Bonchev–Trinajstić information content (AvgIpc) is 2.39. The van der Waals surface area contributed by atoms with Gasteiger partial charge in [-0.2, -0.15) is 0 Å². The summed E-state index contributed by atoms with van der Waals surface area (Å²) in [6.45, 7) is 0.825. The number of pyridine rings is 1. The Morgan fingerprint density at radius 3 is 2.83 bits per heavy atom. The Balaban J connectivity index is 2.09. The fourth-order valence-corrected chi connectivity index (χ4v) is 2.14. The number of carboxylic acids is 1. The van der Waals surface area contributed by atoms with Crippen LogP contribution in [-0.4, -0.2) is 40.0 Å². The molecule has 1 aliphatic heterocycles. The van der Waals surface area contributed by atoms with E-state index in [2.05, 4.69) is 4.98 Å². The van der Waals surface area contributed by atoms with Crippen molar-refractivity contribution in [3.63, 3.8) is 0 Å². The van der Waals surface area contributed by atoms with Gasteiger partial charge in [-0.05, 0) is 25.0 Å². The molecule has 0 radical (unpaired) electrons. The second-order valence-electron chi connectivity index (χ2n) is 4.29. The van der Waals surface area contributed by atoms with Crippen LogP contribution in [0.1, 0.15) is 23.3 Å². The van der Waals surface area contributed by atoms with E-state index in [1.54, 1.807) is 17.0 Å². The van der Waals surface area contributed by atoms with Crippen molar-refractivity contribution in [3.8, 4) is 0 Å². The molecule has 96 valence electrons. The summed E-state index contributed by atoms with van der Waals surface area (Å²) in [6.07, 6.45) is 2.73. The van der Waals surface area contributed by atoms with Crippen LogP contribution >= 0.6 is 11.6 Å². The van der Waals surface area contributed by atoms with Gasteiger partial charge in [0.1, 0.15) is 5.69 Å². The number of halogens is 1. The highest BCUT2D eigenvalue weighted by Gasteiger charge is 2.28. The van der Waals surface area contributed by atoms with Crippen molar-refractivity contribution in [2.45, 2.75) is 12.8 Å². The van der Waals surface area contributed by atoms with Crippen LogP contribution in [0, 0.1) is 5.92 Å². The Bertz CT molecular complexity index is 461. The lowest BCUT2D eigenvalue weighted by molar-refractivity contribution is -0.143. The molecule has 0 aliphatic carbocycles. The van der Waals surface area contributed by atoms with Gasteiger partial charge in [0.15, 0.2) is 0 Å². The number of hydrogen-bond donors (Lipinski definition) is 1. The molecule has 0 saturated carbocycles. The first-order valence-corrected chi connectivity index (χ1v) is 6.09. The Morgan fingerprint density at radius 2 is 2.22 bits per heavy atom. The van der Waals surface area contributed by atoms with Gasteiger partial charge in [0.2, 0.25) is 0 Å². The standard InChI is InChI=1S/C12H13ClN2O3/c13-9-3-4-10(14-6-9)11(16)15-5-1-2-8(7-15)12(17)18/h3-4,6,8H,1-2,5,7H2,(H,17,18)/t8-/m1/s1. The zero-order chi connectivity index (χ0) is 13.1. The summed E-state index contributed by atoms with van der Waals surface area (Å²) in [6, 6.07) is 3.15. The summed E-state index contributed by atoms with van der Waals surface area (Å²) in [5.41, 5.74) is 0.297. The van der Waals surface area contributed by atoms with Gasteiger partial charge < -0.3 is 10.0 Å². The molecule has 0 bridgehead atoms. The van der Waals surface area contributed by atoms with Crippen LogP contribution in [0.15, 0.2) is 18.3 Å². The maximum atomic E-state index is 12.1. The molecule has 1 aromatic heterocycles. The lowest BCUT2D eigenvalue weighted by Gasteiger charge is -2.30. The second kappa shape index (κ2) is 5.35. The first-order chi connectivity index (χ1) is 8.58. The van der Waals surface area contributed by atoms with E-state index in [-0.39, 0.29) is 12.5 Å². The Labute approximate surface area is 109 Å². The Kier molecular flexibility index (Phi) is 3.81. The molecule has 0 unspecified atom stereocenters. The normalized spacial score (nSPS) is 19.6. The zero-order valence-corrected chi connectivity index (χ0v) is 10.4. The number of carboxylic acid groups (broad SMARTS) is 1. The molecule has 1 fully saturated rings. The summed E-state index contributed by atoms with van der Waals surface area (Å²) in [4.78, 5) is 28.5. The summed E-state index contributed by atoms with van der Waals surface area (Å²) in [5.74, 6) is -1.57. The highest BCUT2D eigenvalue weighted by atomic mass is 35.5. The number of carbonyl (C=O) groups excluding carboxylic acids is 1. The van der Waals surface area contributed by atoms with Crippen molar-refractivity contribution in [3.05, 3.63) is 29.0 Å². The molecule has 1 saturated heterocycles. The average molecular weight is 269 g/mol. The van der Waals surface area contributed by atoms with Gasteiger partial charge in [-0.1, -0.05) is 11.6 Å².